The highest BCUT2D eigenvalue weighted by Crippen LogP contribution is 1.81. The van der Waals surface area contributed by atoms with E-state index in [0.29, 0.717) is 5.01 Å². The highest BCUT2D eigenvalue weighted by molar-refractivity contribution is 5.72. The minimum Gasteiger partial charge on any atom is -0.244 e. The zero-order chi connectivity index (χ0) is 7.28. The van der Waals surface area contributed by atoms with E-state index in [0.717, 1.165) is 7.05 Å². The predicted molar refractivity (Wildman–Crippen MR) is 27.9 cm³/mol. The van der Waals surface area contributed by atoms with E-state index >= 15 is 0 Å². The van der Waals surface area contributed by atoms with Crippen molar-refractivity contribution in [1.29, 1.82) is 0 Å². The van der Waals surface area contributed by atoms with Gasteiger partial charge in [0.1, 0.15) is 0 Å². The third-order valence-electron chi connectivity index (χ3n) is 0.558. The maximum absolute atomic E-state index is 10.2. The van der Waals surface area contributed by atoms with Gasteiger partial charge < -0.3 is 0 Å². The lowest BCUT2D eigenvalue weighted by Crippen LogP contribution is -2.29. The molecule has 0 saturated heterocycles. The highest BCUT2D eigenvalue weighted by atomic mass is 16.3. The molecule has 0 aromatic rings. The molecule has 0 aromatic heterocycles. The number of carbonyl (C=O) groups is 1. The second-order valence-electron chi connectivity index (χ2n) is 1.11. The fraction of sp³-hybridized carbons (Fsp3) is 0.500. The van der Waals surface area contributed by atoms with E-state index in [1.165, 1.54) is 5.43 Å². The van der Waals surface area contributed by atoms with Crippen LogP contribution >= 0.6 is 0 Å². The highest BCUT2D eigenvalue weighted by Gasteiger charge is 2.05. The summed E-state index contributed by atoms with van der Waals surface area (Å²) >= 11 is 0. The van der Waals surface area contributed by atoms with E-state index in [1.54, 1.807) is 0 Å². The Hall–Kier alpha value is -1.53. The molecule has 0 spiro atoms. The Morgan fingerprint density at radius 2 is 2.11 bits per heavy atom. The first-order chi connectivity index (χ1) is 4.22. The number of rotatable bonds is 2. The zero-order valence-electron chi connectivity index (χ0n) is 4.57. The van der Waals surface area contributed by atoms with Gasteiger partial charge in [-0.1, -0.05) is 0 Å². The third kappa shape index (κ3) is 2.32. The molecule has 7 heteroatoms. The van der Waals surface area contributed by atoms with Crippen molar-refractivity contribution in [1.82, 2.24) is 10.4 Å². The number of nitrogens with one attached hydrogen (secondary N) is 1. The van der Waals surface area contributed by atoms with Gasteiger partial charge in [0.15, 0.2) is 0 Å². The van der Waals surface area contributed by atoms with E-state index in [9.17, 15) is 14.6 Å². The van der Waals surface area contributed by atoms with Crippen LogP contribution in [0.4, 0.5) is 4.79 Å². The van der Waals surface area contributed by atoms with Crippen molar-refractivity contribution in [3.63, 3.8) is 0 Å². The van der Waals surface area contributed by atoms with Crippen molar-refractivity contribution < 1.29 is 4.79 Å². The summed E-state index contributed by atoms with van der Waals surface area (Å²) in [6, 6.07) is -0.958. The van der Waals surface area contributed by atoms with Gasteiger partial charge in [-0.3, -0.25) is 0 Å². The minimum atomic E-state index is -0.958. The van der Waals surface area contributed by atoms with E-state index in [2.05, 4.69) is 5.29 Å². The van der Waals surface area contributed by atoms with Crippen molar-refractivity contribution in [2.45, 2.75) is 0 Å². The first kappa shape index (κ1) is 7.47. The van der Waals surface area contributed by atoms with Crippen LogP contribution in [0.1, 0.15) is 0 Å². The van der Waals surface area contributed by atoms with Crippen molar-refractivity contribution in [2.75, 3.05) is 7.05 Å². The van der Waals surface area contributed by atoms with Crippen LogP contribution in [0.25, 0.3) is 0 Å². The molecule has 0 atom stereocenters. The lowest BCUT2D eigenvalue weighted by atomic mass is 11.0. The first-order valence-corrected chi connectivity index (χ1v) is 1.91. The summed E-state index contributed by atoms with van der Waals surface area (Å²) in [6.07, 6.45) is 0. The number of nitroso groups, excluding NO2 is 2. The molecule has 0 bridgehead atoms. The Morgan fingerprint density at radius 3 is 2.44 bits per heavy atom. The Bertz CT molecular complexity index is 134. The van der Waals surface area contributed by atoms with Crippen molar-refractivity contribution >= 4 is 6.03 Å². The van der Waals surface area contributed by atoms with Crippen LogP contribution < -0.4 is 5.43 Å². The molecule has 0 rings (SSSR count). The quantitative estimate of drug-likeness (QED) is 0.423. The monoisotopic (exact) mass is 132 g/mol. The van der Waals surface area contributed by atoms with Gasteiger partial charge in [0.05, 0.1) is 10.6 Å². The number of hydrogen-bond acceptors (Lipinski definition) is 5. The molecule has 0 aliphatic carbocycles. The molecule has 0 unspecified atom stereocenters. The molecule has 50 valence electrons. The molecule has 7 nitrogen and oxygen atoms in total. The molecule has 0 aliphatic heterocycles. The molecule has 1 N–H and O–H groups in total. The van der Waals surface area contributed by atoms with E-state index < -0.39 is 6.03 Å². The second kappa shape index (κ2) is 3.47. The van der Waals surface area contributed by atoms with E-state index in [-0.39, 0.29) is 0 Å². The number of hydrogen-bond donors (Lipinski definition) is 1. The molecular formula is C2H4N4O3. The smallest absolute Gasteiger partial charge is 0.244 e. The van der Waals surface area contributed by atoms with Crippen LogP contribution in [0.2, 0.25) is 0 Å². The maximum Gasteiger partial charge on any atom is 0.363 e. The summed E-state index contributed by atoms with van der Waals surface area (Å²) in [7, 11) is 1.09. The summed E-state index contributed by atoms with van der Waals surface area (Å²) in [5, 5.41) is 4.60. The molecule has 0 fully saturated rings. The topological polar surface area (TPSA) is 91.2 Å². The van der Waals surface area contributed by atoms with Crippen LogP contribution in [-0.2, 0) is 0 Å². The Labute approximate surface area is 49.9 Å². The van der Waals surface area contributed by atoms with Gasteiger partial charge in [-0.25, -0.2) is 4.79 Å². The summed E-state index contributed by atoms with van der Waals surface area (Å²) in [4.78, 5) is 29.0. The van der Waals surface area contributed by atoms with Gasteiger partial charge in [-0.05, 0) is 0 Å². The SMILES string of the molecule is CN(N=O)C(=O)NN=O. The van der Waals surface area contributed by atoms with Gasteiger partial charge >= 0.3 is 6.03 Å². The van der Waals surface area contributed by atoms with Gasteiger partial charge in [-0.15, -0.1) is 9.81 Å². The van der Waals surface area contributed by atoms with Crippen LogP contribution in [0.3, 0.4) is 0 Å². The molecule has 9 heavy (non-hydrogen) atoms. The Morgan fingerprint density at radius 1 is 1.56 bits per heavy atom. The van der Waals surface area contributed by atoms with Crippen LogP contribution in [-0.4, -0.2) is 18.1 Å². The van der Waals surface area contributed by atoms with Gasteiger partial charge in [0.2, 0.25) is 0 Å². The largest absolute Gasteiger partial charge is 0.363 e. The summed E-state index contributed by atoms with van der Waals surface area (Å²) in [6.45, 7) is 0. The number of carbonyl (C=O) groups excluding carboxylic acids is 1. The fourth-order valence-corrected chi connectivity index (χ4v) is 0.148. The third-order valence-corrected chi connectivity index (χ3v) is 0.558. The minimum absolute atomic E-state index is 0.404. The summed E-state index contributed by atoms with van der Waals surface area (Å²) in [5.74, 6) is 0. The molecule has 0 aliphatic rings. The molecule has 0 saturated carbocycles. The van der Waals surface area contributed by atoms with Gasteiger partial charge in [0.25, 0.3) is 0 Å². The van der Waals surface area contributed by atoms with Crippen molar-refractivity contribution in [3.05, 3.63) is 9.81 Å². The lowest BCUT2D eigenvalue weighted by molar-refractivity contribution is 0.210. The van der Waals surface area contributed by atoms with Crippen molar-refractivity contribution in [3.8, 4) is 0 Å². The van der Waals surface area contributed by atoms with Crippen molar-refractivity contribution in [2.24, 2.45) is 10.6 Å². The first-order valence-electron chi connectivity index (χ1n) is 1.91. The van der Waals surface area contributed by atoms with Crippen LogP contribution in [0.15, 0.2) is 10.6 Å². The Balaban J connectivity index is 3.71. The lowest BCUT2D eigenvalue weighted by Gasteiger charge is -2.00. The standard InChI is InChI=1S/C2H4N4O3/c1-6(5-9)2(7)3-4-8/h1H3,(H,3,7,8). The summed E-state index contributed by atoms with van der Waals surface area (Å²) < 4.78 is 0. The molecule has 0 heterocycles. The van der Waals surface area contributed by atoms with E-state index in [4.69, 9.17) is 0 Å². The normalized spacial score (nSPS) is 7.67. The molecular weight excluding hydrogens is 128 g/mol. The predicted octanol–water partition coefficient (Wildman–Crippen LogP) is -0.00940. The maximum atomic E-state index is 10.2. The van der Waals surface area contributed by atoms with E-state index in [1.807, 2.05) is 5.29 Å². The summed E-state index contributed by atoms with van der Waals surface area (Å²) in [5.41, 5.74) is 1.46. The second-order valence-corrected chi connectivity index (χ2v) is 1.11. The molecule has 0 radical (unpaired) electrons. The zero-order valence-corrected chi connectivity index (χ0v) is 4.57. The molecule has 2 amide bonds. The van der Waals surface area contributed by atoms with Crippen LogP contribution in [0, 0.1) is 9.81 Å². The number of nitrogens with zero attached hydrogens (tertiary/aromatic N) is 3. The average molecular weight is 132 g/mol. The van der Waals surface area contributed by atoms with Gasteiger partial charge in [0, 0.05) is 7.05 Å². The fourth-order valence-electron chi connectivity index (χ4n) is 0.148. The van der Waals surface area contributed by atoms with Crippen LogP contribution in [0.5, 0.6) is 0 Å². The average Bonchev–Trinajstić information content (AvgIpc) is 1.87. The number of urea groups is 1. The number of amides is 2. The van der Waals surface area contributed by atoms with Gasteiger partial charge in [-0.2, -0.15) is 10.4 Å². The molecule has 0 aromatic carbocycles. The Kier molecular flexibility index (Phi) is 2.88.